The first-order valence-corrected chi connectivity index (χ1v) is 10.6. The number of nitrogens with zero attached hydrogens (tertiary/aromatic N) is 1. The summed E-state index contributed by atoms with van der Waals surface area (Å²) in [5, 5.41) is 0. The number of piperidine rings is 1. The van der Waals surface area contributed by atoms with E-state index in [0.29, 0.717) is 12.0 Å². The minimum atomic E-state index is -5.03. The zero-order valence-electron chi connectivity index (χ0n) is 14.4. The highest BCUT2D eigenvalue weighted by molar-refractivity contribution is 7.43. The lowest BCUT2D eigenvalue weighted by molar-refractivity contribution is -0.333. The second-order valence-electron chi connectivity index (χ2n) is 7.67. The van der Waals surface area contributed by atoms with E-state index in [9.17, 15) is 14.4 Å². The van der Waals surface area contributed by atoms with Gasteiger partial charge in [-0.2, -0.15) is 0 Å². The van der Waals surface area contributed by atoms with Gasteiger partial charge in [-0.3, -0.25) is 4.90 Å². The van der Waals surface area contributed by atoms with Crippen molar-refractivity contribution in [3.8, 4) is 5.75 Å². The normalized spacial score (nSPS) is 31.8. The molecule has 0 unspecified atom stereocenters. The van der Waals surface area contributed by atoms with E-state index >= 15 is 0 Å². The molecule has 2 bridgehead atoms. The largest absolute Gasteiger partial charge is 0.780 e. The van der Waals surface area contributed by atoms with Crippen molar-refractivity contribution in [1.29, 1.82) is 0 Å². The van der Waals surface area contributed by atoms with Crippen molar-refractivity contribution in [3.63, 3.8) is 0 Å². The van der Waals surface area contributed by atoms with Crippen LogP contribution in [0.5, 0.6) is 5.75 Å². The zero-order valence-corrected chi connectivity index (χ0v) is 15.2. The second kappa shape index (κ2) is 6.24. The average molecular weight is 361 g/mol. The molecular formula is C19H24NO4P-2. The van der Waals surface area contributed by atoms with Gasteiger partial charge in [-0.15, -0.1) is 6.58 Å². The average Bonchev–Trinajstić information content (AvgIpc) is 2.56. The Hall–Kier alpha value is -1.13. The Labute approximate surface area is 148 Å². The Balaban J connectivity index is 1.77. The van der Waals surface area contributed by atoms with E-state index in [4.69, 9.17) is 0 Å². The Kier molecular flexibility index (Phi) is 4.32. The first kappa shape index (κ1) is 17.3. The molecular weight excluding hydrogens is 337 g/mol. The summed E-state index contributed by atoms with van der Waals surface area (Å²) >= 11 is 0. The summed E-state index contributed by atoms with van der Waals surface area (Å²) in [5.41, 5.74) is 2.59. The van der Waals surface area contributed by atoms with Crippen molar-refractivity contribution in [2.24, 2.45) is 5.92 Å². The monoisotopic (exact) mass is 361 g/mol. The second-order valence-corrected chi connectivity index (χ2v) is 8.75. The highest BCUT2D eigenvalue weighted by Crippen LogP contribution is 2.56. The highest BCUT2D eigenvalue weighted by atomic mass is 31.2. The molecule has 1 aromatic carbocycles. The molecule has 5 nitrogen and oxygen atoms in total. The van der Waals surface area contributed by atoms with Gasteiger partial charge in [0.15, 0.2) is 0 Å². The fourth-order valence-corrected chi connectivity index (χ4v) is 6.01. The van der Waals surface area contributed by atoms with Crippen LogP contribution in [0.3, 0.4) is 0 Å². The fourth-order valence-electron chi connectivity index (χ4n) is 5.64. The van der Waals surface area contributed by atoms with Gasteiger partial charge >= 0.3 is 0 Å². The molecule has 0 radical (unpaired) electrons. The Morgan fingerprint density at radius 2 is 2.20 bits per heavy atom. The first-order valence-electron chi connectivity index (χ1n) is 9.13. The third kappa shape index (κ3) is 2.97. The fraction of sp³-hybridized carbons (Fsp3) is 0.579. The summed E-state index contributed by atoms with van der Waals surface area (Å²) in [5.74, 6) is 0.752. The molecule has 25 heavy (non-hydrogen) atoms. The summed E-state index contributed by atoms with van der Waals surface area (Å²) in [6.45, 7) is 5.87. The van der Waals surface area contributed by atoms with Crippen LogP contribution in [0.15, 0.2) is 30.9 Å². The highest BCUT2D eigenvalue weighted by Gasteiger charge is 2.53. The number of hydrogen-bond acceptors (Lipinski definition) is 5. The maximum Gasteiger partial charge on any atom is 0.124 e. The third-order valence-electron chi connectivity index (χ3n) is 6.50. The quantitative estimate of drug-likeness (QED) is 0.607. The molecule has 0 N–H and O–H groups in total. The van der Waals surface area contributed by atoms with E-state index in [2.05, 4.69) is 16.0 Å². The predicted molar refractivity (Wildman–Crippen MR) is 92.2 cm³/mol. The lowest BCUT2D eigenvalue weighted by Gasteiger charge is -2.59. The van der Waals surface area contributed by atoms with Gasteiger partial charge in [-0.05, 0) is 61.4 Å². The molecule has 6 heteroatoms. The van der Waals surface area contributed by atoms with E-state index in [1.807, 2.05) is 18.2 Å². The van der Waals surface area contributed by atoms with Crippen molar-refractivity contribution in [2.75, 3.05) is 13.1 Å². The van der Waals surface area contributed by atoms with E-state index < -0.39 is 7.82 Å². The third-order valence-corrected chi connectivity index (χ3v) is 6.94. The molecule has 0 spiro atoms. The molecule has 4 rings (SSSR count). The summed E-state index contributed by atoms with van der Waals surface area (Å²) in [6.07, 6.45) is 8.85. The minimum Gasteiger partial charge on any atom is -0.780 e. The van der Waals surface area contributed by atoms with E-state index in [0.717, 1.165) is 32.4 Å². The van der Waals surface area contributed by atoms with E-state index in [1.165, 1.54) is 30.4 Å². The van der Waals surface area contributed by atoms with E-state index in [-0.39, 0.29) is 11.2 Å². The first-order chi connectivity index (χ1) is 11.9. The molecule has 2 fully saturated rings. The van der Waals surface area contributed by atoms with Crippen LogP contribution in [-0.2, 0) is 16.4 Å². The maximum atomic E-state index is 11.0. The number of fused-ring (bicyclic) bond motifs is 1. The van der Waals surface area contributed by atoms with Gasteiger partial charge < -0.3 is 18.9 Å². The van der Waals surface area contributed by atoms with Crippen LogP contribution < -0.4 is 14.3 Å². The SMILES string of the molecule is C=CCN1CC[C@]23CCCC[C@H]2[C@H]1Cc1ccc(OP(=O)([O-])[O-])cc13. The van der Waals surface area contributed by atoms with Crippen LogP contribution in [0.1, 0.15) is 43.2 Å². The zero-order chi connectivity index (χ0) is 17.7. The van der Waals surface area contributed by atoms with Gasteiger partial charge in [0.1, 0.15) is 13.6 Å². The lowest BCUT2D eigenvalue weighted by atomic mass is 9.52. The van der Waals surface area contributed by atoms with E-state index in [1.54, 1.807) is 6.07 Å². The smallest absolute Gasteiger partial charge is 0.124 e. The molecule has 0 amide bonds. The van der Waals surface area contributed by atoms with Crippen molar-refractivity contribution >= 4 is 7.82 Å². The summed E-state index contributed by atoms with van der Waals surface area (Å²) < 4.78 is 15.7. The predicted octanol–water partition coefficient (Wildman–Crippen LogP) is 2.14. The number of hydrogen-bond donors (Lipinski definition) is 0. The van der Waals surface area contributed by atoms with Crippen LogP contribution in [-0.4, -0.2) is 24.0 Å². The van der Waals surface area contributed by atoms with Crippen LogP contribution in [0, 0.1) is 5.92 Å². The van der Waals surface area contributed by atoms with Crippen molar-refractivity contribution in [1.82, 2.24) is 4.90 Å². The molecule has 2 aliphatic carbocycles. The lowest BCUT2D eigenvalue weighted by Crippen LogP contribution is -2.60. The van der Waals surface area contributed by atoms with Crippen LogP contribution >= 0.6 is 7.82 Å². The van der Waals surface area contributed by atoms with Crippen molar-refractivity contribution < 1.29 is 18.9 Å². The van der Waals surface area contributed by atoms with Gasteiger partial charge in [0, 0.05) is 18.0 Å². The molecule has 136 valence electrons. The van der Waals surface area contributed by atoms with Crippen LogP contribution in [0.4, 0.5) is 0 Å². The molecule has 3 atom stereocenters. The van der Waals surface area contributed by atoms with Gasteiger partial charge in [-0.1, -0.05) is 25.0 Å². The van der Waals surface area contributed by atoms with Gasteiger partial charge in [0.05, 0.1) is 0 Å². The number of phosphoric ester groups is 1. The molecule has 1 heterocycles. The van der Waals surface area contributed by atoms with Crippen molar-refractivity contribution in [3.05, 3.63) is 42.0 Å². The summed E-state index contributed by atoms with van der Waals surface area (Å²) in [4.78, 5) is 24.6. The molecule has 1 saturated heterocycles. The minimum absolute atomic E-state index is 0.100. The van der Waals surface area contributed by atoms with Crippen molar-refractivity contribution in [2.45, 2.75) is 50.0 Å². The Morgan fingerprint density at radius 1 is 1.36 bits per heavy atom. The summed E-state index contributed by atoms with van der Waals surface area (Å²) in [6, 6.07) is 5.93. The Bertz CT molecular complexity index is 730. The van der Waals surface area contributed by atoms with Gasteiger partial charge in [0.25, 0.3) is 0 Å². The molecule has 1 aliphatic heterocycles. The molecule has 1 saturated carbocycles. The topological polar surface area (TPSA) is 75.7 Å². The molecule has 3 aliphatic rings. The molecule has 1 aromatic rings. The standard InChI is InChI=1S/C19H26NO4P/c1-2-10-20-11-9-19-8-4-3-5-16(19)18(20)12-14-6-7-15(13-17(14)19)24-25(21,22)23/h2,6-7,13,16,18H,1,3-5,8-12H2,(H2,21,22,23)/p-2/t16-,18+,19+/m0/s1. The van der Waals surface area contributed by atoms with Crippen LogP contribution in [0.25, 0.3) is 0 Å². The number of phosphoric acid groups is 1. The van der Waals surface area contributed by atoms with Crippen LogP contribution in [0.2, 0.25) is 0 Å². The Morgan fingerprint density at radius 3 is 2.96 bits per heavy atom. The number of benzene rings is 1. The number of rotatable bonds is 4. The van der Waals surface area contributed by atoms with Gasteiger partial charge in [0.2, 0.25) is 0 Å². The summed E-state index contributed by atoms with van der Waals surface area (Å²) in [7, 11) is -5.03. The van der Waals surface area contributed by atoms with Gasteiger partial charge in [-0.25, -0.2) is 0 Å². The number of likely N-dealkylation sites (tertiary alicyclic amines) is 1. The molecule has 0 aromatic heterocycles. The maximum absolute atomic E-state index is 11.0.